The molecule has 2 rings (SSSR count). The van der Waals surface area contributed by atoms with E-state index in [1.165, 1.54) is 0 Å². The minimum absolute atomic E-state index is 0.0487. The van der Waals surface area contributed by atoms with Gasteiger partial charge < -0.3 is 5.32 Å². The fourth-order valence-corrected chi connectivity index (χ4v) is 2.33. The number of benzene rings is 1. The van der Waals surface area contributed by atoms with Gasteiger partial charge in [-0.2, -0.15) is 0 Å². The molecular formula is C15H21N3O. The van der Waals surface area contributed by atoms with E-state index in [1.807, 2.05) is 32.9 Å². The molecule has 2 N–H and O–H groups in total. The monoisotopic (exact) mass is 259 g/mol. The molecule has 1 aromatic carbocycles. The molecule has 1 unspecified atom stereocenters. The second-order valence-corrected chi connectivity index (χ2v) is 5.31. The lowest BCUT2D eigenvalue weighted by Gasteiger charge is -2.22. The predicted molar refractivity (Wildman–Crippen MR) is 77.1 cm³/mol. The molecule has 1 amide bonds. The summed E-state index contributed by atoms with van der Waals surface area (Å²) in [6, 6.07) is 6.19. The third-order valence-corrected chi connectivity index (χ3v) is 3.35. The van der Waals surface area contributed by atoms with E-state index in [4.69, 9.17) is 0 Å². The Labute approximate surface area is 114 Å². The first kappa shape index (κ1) is 13.6. The lowest BCUT2D eigenvalue weighted by Crippen LogP contribution is -2.40. The van der Waals surface area contributed by atoms with Crippen molar-refractivity contribution in [3.05, 3.63) is 34.9 Å². The maximum absolute atomic E-state index is 12.2. The molecule has 0 aliphatic carbocycles. The van der Waals surface area contributed by atoms with Crippen molar-refractivity contribution in [2.24, 2.45) is 4.99 Å². The second kappa shape index (κ2) is 5.03. The highest BCUT2D eigenvalue weighted by Gasteiger charge is 2.42. The Morgan fingerprint density at radius 3 is 2.42 bits per heavy atom. The molecule has 1 fully saturated rings. The molecule has 4 heteroatoms. The van der Waals surface area contributed by atoms with Gasteiger partial charge in [-0.15, -0.1) is 0 Å². The van der Waals surface area contributed by atoms with Crippen LogP contribution in [0.5, 0.6) is 0 Å². The zero-order chi connectivity index (χ0) is 14.0. The van der Waals surface area contributed by atoms with Crippen LogP contribution in [0.1, 0.15) is 37.0 Å². The Morgan fingerprint density at radius 2 is 1.84 bits per heavy atom. The van der Waals surface area contributed by atoms with Gasteiger partial charge in [-0.25, -0.2) is 0 Å². The van der Waals surface area contributed by atoms with Crippen molar-refractivity contribution in [1.29, 1.82) is 0 Å². The van der Waals surface area contributed by atoms with E-state index in [9.17, 15) is 4.79 Å². The largest absolute Gasteiger partial charge is 0.338 e. The number of amides is 1. The van der Waals surface area contributed by atoms with Crippen molar-refractivity contribution >= 4 is 11.9 Å². The summed E-state index contributed by atoms with van der Waals surface area (Å²) in [6.07, 6.45) is 0.960. The molecule has 0 aromatic heterocycles. The van der Waals surface area contributed by atoms with Gasteiger partial charge in [0.05, 0.1) is 0 Å². The summed E-state index contributed by atoms with van der Waals surface area (Å²) in [5, 5.41) is 6.03. The average molecular weight is 259 g/mol. The number of aryl methyl sites for hydroxylation is 2. The molecule has 1 aliphatic rings. The van der Waals surface area contributed by atoms with Crippen molar-refractivity contribution in [1.82, 2.24) is 10.6 Å². The minimum atomic E-state index is -0.733. The molecule has 4 nitrogen and oxygen atoms in total. The number of carbonyl (C=O) groups is 1. The van der Waals surface area contributed by atoms with Crippen molar-refractivity contribution in [3.8, 4) is 0 Å². The van der Waals surface area contributed by atoms with Crippen LogP contribution in [0.25, 0.3) is 0 Å². The zero-order valence-electron chi connectivity index (χ0n) is 12.0. The van der Waals surface area contributed by atoms with E-state index in [0.29, 0.717) is 12.5 Å². The first-order valence-corrected chi connectivity index (χ1v) is 6.68. The molecule has 1 aliphatic heterocycles. The lowest BCUT2D eigenvalue weighted by atomic mass is 9.90. The van der Waals surface area contributed by atoms with Crippen LogP contribution in [-0.4, -0.2) is 18.4 Å². The number of aliphatic imine (C=N–C) groups is 1. The molecule has 19 heavy (non-hydrogen) atoms. The van der Waals surface area contributed by atoms with E-state index in [1.54, 1.807) is 0 Å². The van der Waals surface area contributed by atoms with Gasteiger partial charge in [-0.05, 0) is 32.8 Å². The molecule has 0 saturated carbocycles. The van der Waals surface area contributed by atoms with Crippen LogP contribution in [0.2, 0.25) is 0 Å². The summed E-state index contributed by atoms with van der Waals surface area (Å²) >= 11 is 0. The van der Waals surface area contributed by atoms with Crippen molar-refractivity contribution in [2.75, 3.05) is 6.54 Å². The van der Waals surface area contributed by atoms with E-state index in [0.717, 1.165) is 23.1 Å². The van der Waals surface area contributed by atoms with Crippen LogP contribution in [0.3, 0.4) is 0 Å². The summed E-state index contributed by atoms with van der Waals surface area (Å²) in [5.74, 6) is 0.529. The quantitative estimate of drug-likeness (QED) is 0.872. The van der Waals surface area contributed by atoms with E-state index in [2.05, 4.69) is 28.6 Å². The van der Waals surface area contributed by atoms with Gasteiger partial charge in [0.15, 0.2) is 5.96 Å². The molecular weight excluding hydrogens is 238 g/mol. The Kier molecular flexibility index (Phi) is 3.60. The van der Waals surface area contributed by atoms with Crippen LogP contribution < -0.4 is 10.6 Å². The summed E-state index contributed by atoms with van der Waals surface area (Å²) in [6.45, 7) is 8.75. The molecule has 0 radical (unpaired) electrons. The average Bonchev–Trinajstić information content (AvgIpc) is 2.62. The third-order valence-electron chi connectivity index (χ3n) is 3.35. The summed E-state index contributed by atoms with van der Waals surface area (Å²) in [5.41, 5.74) is 2.56. The van der Waals surface area contributed by atoms with E-state index < -0.39 is 5.54 Å². The molecule has 0 bridgehead atoms. The number of nitrogens with zero attached hydrogens (tertiary/aromatic N) is 1. The maximum Gasteiger partial charge on any atom is 0.256 e. The Morgan fingerprint density at radius 1 is 1.21 bits per heavy atom. The topological polar surface area (TPSA) is 53.5 Å². The highest BCUT2D eigenvalue weighted by Crippen LogP contribution is 2.26. The van der Waals surface area contributed by atoms with E-state index >= 15 is 0 Å². The van der Waals surface area contributed by atoms with Gasteiger partial charge in [0.2, 0.25) is 0 Å². The van der Waals surface area contributed by atoms with Crippen molar-refractivity contribution < 1.29 is 4.79 Å². The number of hydrogen-bond donors (Lipinski definition) is 2. The van der Waals surface area contributed by atoms with Gasteiger partial charge in [0.1, 0.15) is 5.54 Å². The standard InChI is InChI=1S/C15H21N3O/c1-5-6-16-14-17-13(19)15(4,18-14)12-8-10(2)7-11(3)9-12/h7-9H,5-6H2,1-4H3,(H2,16,17,18,19). The fourth-order valence-electron chi connectivity index (χ4n) is 2.33. The van der Waals surface area contributed by atoms with Gasteiger partial charge in [-0.3, -0.25) is 15.1 Å². The molecule has 1 heterocycles. The van der Waals surface area contributed by atoms with Crippen LogP contribution in [0, 0.1) is 13.8 Å². The van der Waals surface area contributed by atoms with Gasteiger partial charge in [0.25, 0.3) is 5.91 Å². The number of rotatable bonds is 3. The highest BCUT2D eigenvalue weighted by molar-refractivity contribution is 6.09. The van der Waals surface area contributed by atoms with Gasteiger partial charge >= 0.3 is 0 Å². The fraction of sp³-hybridized carbons (Fsp3) is 0.467. The van der Waals surface area contributed by atoms with Crippen LogP contribution in [-0.2, 0) is 10.3 Å². The minimum Gasteiger partial charge on any atom is -0.338 e. The van der Waals surface area contributed by atoms with Crippen molar-refractivity contribution in [3.63, 3.8) is 0 Å². The third kappa shape index (κ3) is 2.62. The zero-order valence-corrected chi connectivity index (χ0v) is 12.0. The number of hydrogen-bond acceptors (Lipinski definition) is 2. The van der Waals surface area contributed by atoms with Crippen molar-refractivity contribution in [2.45, 2.75) is 39.7 Å². The van der Waals surface area contributed by atoms with Crippen LogP contribution in [0.15, 0.2) is 23.2 Å². The maximum atomic E-state index is 12.2. The van der Waals surface area contributed by atoms with Crippen LogP contribution >= 0.6 is 0 Å². The van der Waals surface area contributed by atoms with Gasteiger partial charge in [0, 0.05) is 6.54 Å². The number of guanidine groups is 1. The molecule has 1 atom stereocenters. The van der Waals surface area contributed by atoms with Gasteiger partial charge in [-0.1, -0.05) is 36.2 Å². The molecule has 1 saturated heterocycles. The summed E-state index contributed by atoms with van der Waals surface area (Å²) in [4.78, 5) is 16.6. The Balaban J connectivity index is 2.34. The Bertz CT molecular complexity index is 516. The second-order valence-electron chi connectivity index (χ2n) is 5.31. The van der Waals surface area contributed by atoms with Crippen LogP contribution in [0.4, 0.5) is 0 Å². The molecule has 0 spiro atoms. The predicted octanol–water partition coefficient (Wildman–Crippen LogP) is 2.00. The summed E-state index contributed by atoms with van der Waals surface area (Å²) < 4.78 is 0. The smallest absolute Gasteiger partial charge is 0.256 e. The first-order valence-electron chi connectivity index (χ1n) is 6.68. The van der Waals surface area contributed by atoms with E-state index in [-0.39, 0.29) is 5.91 Å². The molecule has 102 valence electrons. The SMILES string of the molecule is CCCN=C1NC(=O)C(C)(c2cc(C)cc(C)c2)N1. The number of nitrogens with one attached hydrogen (secondary N) is 2. The number of carbonyl (C=O) groups excluding carboxylic acids is 1. The highest BCUT2D eigenvalue weighted by atomic mass is 16.2. The lowest BCUT2D eigenvalue weighted by molar-refractivity contribution is -0.123. The normalized spacial score (nSPS) is 24.4. The first-order chi connectivity index (χ1) is 8.95. The summed E-state index contributed by atoms with van der Waals surface area (Å²) in [7, 11) is 0. The Hall–Kier alpha value is -1.84. The molecule has 1 aromatic rings.